The van der Waals surface area contributed by atoms with Gasteiger partial charge in [0.2, 0.25) is 0 Å². The van der Waals surface area contributed by atoms with Crippen LogP contribution in [0.1, 0.15) is 68.8 Å². The van der Waals surface area contributed by atoms with Crippen molar-refractivity contribution in [3.8, 4) is 0 Å². The second kappa shape index (κ2) is 9.34. The SMILES string of the molecule is C/C(=C\C=C(/C)c1nc2ccccc2[nH]1)c1ccc(C2CCC(CC(=O)O)CC2)cc1. The lowest BCUT2D eigenvalue weighted by atomic mass is 9.77. The maximum atomic E-state index is 10.9. The smallest absolute Gasteiger partial charge is 0.303 e. The number of para-hydroxylation sites is 2. The van der Waals surface area contributed by atoms with E-state index in [1.54, 1.807) is 0 Å². The number of aromatic nitrogens is 2. The Morgan fingerprint density at radius 3 is 2.35 bits per heavy atom. The van der Waals surface area contributed by atoms with E-state index in [4.69, 9.17) is 5.11 Å². The van der Waals surface area contributed by atoms with Crippen LogP contribution in [0.5, 0.6) is 0 Å². The fraction of sp³-hybridized carbons (Fsp3) is 0.333. The van der Waals surface area contributed by atoms with Gasteiger partial charge in [-0.15, -0.1) is 0 Å². The maximum absolute atomic E-state index is 10.9. The second-order valence-electron chi connectivity index (χ2n) is 8.74. The molecular formula is C27H30N2O2. The molecule has 31 heavy (non-hydrogen) atoms. The van der Waals surface area contributed by atoms with Crippen LogP contribution in [0.3, 0.4) is 0 Å². The van der Waals surface area contributed by atoms with Gasteiger partial charge in [0.25, 0.3) is 0 Å². The van der Waals surface area contributed by atoms with E-state index in [2.05, 4.69) is 60.2 Å². The third-order valence-corrected chi connectivity index (χ3v) is 6.49. The third-order valence-electron chi connectivity index (χ3n) is 6.49. The van der Waals surface area contributed by atoms with Gasteiger partial charge < -0.3 is 10.1 Å². The number of H-pyrrole nitrogens is 1. The summed E-state index contributed by atoms with van der Waals surface area (Å²) in [6, 6.07) is 17.0. The van der Waals surface area contributed by atoms with Gasteiger partial charge in [-0.25, -0.2) is 4.98 Å². The Morgan fingerprint density at radius 2 is 1.68 bits per heavy atom. The molecular weight excluding hydrogens is 384 g/mol. The van der Waals surface area contributed by atoms with E-state index in [9.17, 15) is 4.79 Å². The number of hydrogen-bond donors (Lipinski definition) is 2. The Morgan fingerprint density at radius 1 is 1.00 bits per heavy atom. The normalized spacial score (nSPS) is 20.2. The molecule has 0 aliphatic heterocycles. The minimum atomic E-state index is -0.667. The zero-order valence-corrected chi connectivity index (χ0v) is 18.3. The predicted molar refractivity (Wildman–Crippen MR) is 127 cm³/mol. The van der Waals surface area contributed by atoms with Crippen LogP contribution in [0.2, 0.25) is 0 Å². The fourth-order valence-electron chi connectivity index (χ4n) is 4.53. The molecule has 0 spiro atoms. The second-order valence-corrected chi connectivity index (χ2v) is 8.74. The Hall–Kier alpha value is -3.14. The Bertz CT molecular complexity index is 1080. The molecule has 4 rings (SSSR count). The summed E-state index contributed by atoms with van der Waals surface area (Å²) in [7, 11) is 0. The van der Waals surface area contributed by atoms with E-state index in [0.29, 0.717) is 18.3 Å². The molecule has 0 atom stereocenters. The molecule has 0 bridgehead atoms. The number of aromatic amines is 1. The van der Waals surface area contributed by atoms with Gasteiger partial charge in [-0.2, -0.15) is 0 Å². The van der Waals surface area contributed by atoms with Crippen LogP contribution >= 0.6 is 0 Å². The van der Waals surface area contributed by atoms with Crippen molar-refractivity contribution in [2.75, 3.05) is 0 Å². The van der Waals surface area contributed by atoms with Crippen molar-refractivity contribution < 1.29 is 9.90 Å². The van der Waals surface area contributed by atoms with E-state index in [1.807, 2.05) is 24.3 Å². The number of benzene rings is 2. The molecule has 2 N–H and O–H groups in total. The largest absolute Gasteiger partial charge is 0.481 e. The van der Waals surface area contributed by atoms with Gasteiger partial charge in [-0.3, -0.25) is 4.79 Å². The van der Waals surface area contributed by atoms with Crippen LogP contribution in [-0.4, -0.2) is 21.0 Å². The molecule has 1 fully saturated rings. The lowest BCUT2D eigenvalue weighted by Gasteiger charge is -2.28. The monoisotopic (exact) mass is 414 g/mol. The summed E-state index contributed by atoms with van der Waals surface area (Å²) < 4.78 is 0. The van der Waals surface area contributed by atoms with Crippen LogP contribution in [0.4, 0.5) is 0 Å². The maximum Gasteiger partial charge on any atom is 0.303 e. The van der Waals surface area contributed by atoms with Gasteiger partial charge in [0.1, 0.15) is 5.82 Å². The van der Waals surface area contributed by atoms with E-state index in [1.165, 1.54) is 16.7 Å². The number of nitrogens with zero attached hydrogens (tertiary/aromatic N) is 1. The molecule has 1 aromatic heterocycles. The Kier molecular flexibility index (Phi) is 6.36. The number of nitrogens with one attached hydrogen (secondary N) is 1. The highest BCUT2D eigenvalue weighted by Crippen LogP contribution is 2.37. The molecule has 1 aliphatic carbocycles. The first-order valence-electron chi connectivity index (χ1n) is 11.1. The van der Waals surface area contributed by atoms with E-state index in [-0.39, 0.29) is 0 Å². The topological polar surface area (TPSA) is 66.0 Å². The average Bonchev–Trinajstić information content (AvgIpc) is 3.22. The number of hydrogen-bond acceptors (Lipinski definition) is 2. The average molecular weight is 415 g/mol. The molecule has 1 saturated carbocycles. The van der Waals surface area contributed by atoms with Gasteiger partial charge in [0.05, 0.1) is 11.0 Å². The summed E-state index contributed by atoms with van der Waals surface area (Å²) in [5.41, 5.74) is 6.95. The highest BCUT2D eigenvalue weighted by atomic mass is 16.4. The summed E-state index contributed by atoms with van der Waals surface area (Å²) >= 11 is 0. The van der Waals surface area contributed by atoms with Gasteiger partial charge in [-0.1, -0.05) is 48.6 Å². The van der Waals surface area contributed by atoms with Crippen LogP contribution in [-0.2, 0) is 4.79 Å². The molecule has 4 nitrogen and oxygen atoms in total. The van der Waals surface area contributed by atoms with Crippen molar-refractivity contribution in [3.63, 3.8) is 0 Å². The number of carbonyl (C=O) groups is 1. The third kappa shape index (κ3) is 5.13. The highest BCUT2D eigenvalue weighted by Gasteiger charge is 2.23. The van der Waals surface area contributed by atoms with E-state index in [0.717, 1.165) is 48.1 Å². The molecule has 160 valence electrons. The molecule has 1 aliphatic rings. The highest BCUT2D eigenvalue weighted by molar-refractivity contribution is 5.79. The van der Waals surface area contributed by atoms with Gasteiger partial charge in [-0.05, 0) is 85.8 Å². The first kappa shape index (κ1) is 21.1. The summed E-state index contributed by atoms with van der Waals surface area (Å²) in [5.74, 6) is 1.14. The molecule has 1 heterocycles. The minimum Gasteiger partial charge on any atom is -0.481 e. The molecule has 2 aromatic carbocycles. The lowest BCUT2D eigenvalue weighted by Crippen LogP contribution is -2.16. The van der Waals surface area contributed by atoms with Crippen molar-refractivity contribution >= 4 is 28.1 Å². The van der Waals surface area contributed by atoms with Crippen LogP contribution in [0.25, 0.3) is 22.2 Å². The number of aliphatic carboxylic acids is 1. The fourth-order valence-corrected chi connectivity index (χ4v) is 4.53. The molecule has 0 amide bonds. The summed E-state index contributed by atoms with van der Waals surface area (Å²) in [4.78, 5) is 19.0. The number of imidazole rings is 1. The van der Waals surface area contributed by atoms with Gasteiger partial charge >= 0.3 is 5.97 Å². The number of rotatable bonds is 6. The van der Waals surface area contributed by atoms with Gasteiger partial charge in [0, 0.05) is 6.42 Å². The summed E-state index contributed by atoms with van der Waals surface area (Å²) in [6.07, 6.45) is 8.79. The molecule has 3 aromatic rings. The zero-order valence-electron chi connectivity index (χ0n) is 18.3. The van der Waals surface area contributed by atoms with Crippen molar-refractivity contribution in [1.29, 1.82) is 0 Å². The van der Waals surface area contributed by atoms with Crippen LogP contribution in [0, 0.1) is 5.92 Å². The van der Waals surface area contributed by atoms with Crippen molar-refractivity contribution in [2.45, 2.75) is 51.9 Å². The van der Waals surface area contributed by atoms with E-state index >= 15 is 0 Å². The molecule has 0 unspecified atom stereocenters. The minimum absolute atomic E-state index is 0.316. The molecule has 0 saturated heterocycles. The quantitative estimate of drug-likeness (QED) is 0.435. The van der Waals surface area contributed by atoms with Crippen LogP contribution < -0.4 is 0 Å². The first-order chi connectivity index (χ1) is 15.0. The first-order valence-corrected chi connectivity index (χ1v) is 11.1. The van der Waals surface area contributed by atoms with Crippen molar-refractivity contribution in [2.24, 2.45) is 5.92 Å². The summed E-state index contributed by atoms with van der Waals surface area (Å²) in [6.45, 7) is 4.21. The molecule has 0 radical (unpaired) electrons. The zero-order chi connectivity index (χ0) is 21.8. The Balaban J connectivity index is 1.40. The van der Waals surface area contributed by atoms with Crippen molar-refractivity contribution in [1.82, 2.24) is 9.97 Å². The van der Waals surface area contributed by atoms with Crippen LogP contribution in [0.15, 0.2) is 60.7 Å². The molecule has 4 heteroatoms. The lowest BCUT2D eigenvalue weighted by molar-refractivity contribution is -0.138. The van der Waals surface area contributed by atoms with E-state index < -0.39 is 5.97 Å². The number of fused-ring (bicyclic) bond motifs is 1. The summed E-state index contributed by atoms with van der Waals surface area (Å²) in [5, 5.41) is 8.99. The standard InChI is InChI=1S/C27H30N2O2/c1-18(7-8-19(2)27-28-24-5-3-4-6-25(24)29-27)21-13-15-23(16-14-21)22-11-9-20(10-12-22)17-26(30)31/h3-8,13-16,20,22H,9-12,17H2,1-2H3,(H,28,29)(H,30,31)/b18-7+,19-8+. The van der Waals surface area contributed by atoms with Gasteiger partial charge in [0.15, 0.2) is 0 Å². The number of carboxylic acid groups (broad SMARTS) is 1. The number of allylic oxidation sites excluding steroid dienone is 4. The number of carboxylic acids is 1. The van der Waals surface area contributed by atoms with Crippen molar-refractivity contribution in [3.05, 3.63) is 77.6 Å². The predicted octanol–water partition coefficient (Wildman–Crippen LogP) is 6.82. The Labute approximate surface area is 183 Å².